The molecule has 16 heteroatoms. The number of amides is 6. The molecule has 5 atom stereocenters. The smallest absolute Gasteiger partial charge is 0.335 e. The van der Waals surface area contributed by atoms with Crippen LogP contribution in [0.2, 0.25) is 0 Å². The molecule has 6 amide bonds. The fourth-order valence-electron chi connectivity index (χ4n) is 4.83. The Hall–Kier alpha value is -5.80. The maximum absolute atomic E-state index is 13.4. The van der Waals surface area contributed by atoms with E-state index in [1.807, 2.05) is 6.92 Å². The number of carboxylic acid groups (broad SMARTS) is 2. The number of carboxylic acids is 2. The van der Waals surface area contributed by atoms with Crippen molar-refractivity contribution >= 4 is 47.4 Å². The van der Waals surface area contributed by atoms with Gasteiger partial charge >= 0.3 is 11.9 Å². The molecule has 0 bridgehead atoms. The number of aliphatic carboxylic acids is 1. The van der Waals surface area contributed by atoms with Gasteiger partial charge in [0.05, 0.1) is 12.1 Å². The van der Waals surface area contributed by atoms with Crippen molar-refractivity contribution in [3.8, 4) is 0 Å². The molecule has 2 rings (SSSR count). The highest BCUT2D eigenvalue weighted by molar-refractivity contribution is 5.95. The summed E-state index contributed by atoms with van der Waals surface area (Å²) >= 11 is 0. The zero-order valence-electron chi connectivity index (χ0n) is 28.1. The van der Waals surface area contributed by atoms with Crippen LogP contribution in [0, 0.1) is 5.92 Å². The average Bonchev–Trinajstić information content (AvgIpc) is 3.07. The zero-order chi connectivity index (χ0) is 37.4. The van der Waals surface area contributed by atoms with Gasteiger partial charge in [-0.2, -0.15) is 0 Å². The fourth-order valence-corrected chi connectivity index (χ4v) is 4.83. The van der Waals surface area contributed by atoms with Gasteiger partial charge < -0.3 is 42.5 Å². The predicted octanol–water partition coefficient (Wildman–Crippen LogP) is -0.358. The van der Waals surface area contributed by atoms with Crippen molar-refractivity contribution in [1.82, 2.24) is 26.6 Å². The van der Waals surface area contributed by atoms with E-state index in [4.69, 9.17) is 5.73 Å². The highest BCUT2D eigenvalue weighted by atomic mass is 16.4. The zero-order valence-corrected chi connectivity index (χ0v) is 28.1. The van der Waals surface area contributed by atoms with Gasteiger partial charge in [0.2, 0.25) is 35.4 Å². The molecule has 0 aromatic heterocycles. The summed E-state index contributed by atoms with van der Waals surface area (Å²) in [5, 5.41) is 30.8. The third-order valence-electron chi connectivity index (χ3n) is 7.79. The van der Waals surface area contributed by atoms with Crippen molar-refractivity contribution in [1.29, 1.82) is 0 Å². The first-order chi connectivity index (χ1) is 23.6. The molecule has 16 nitrogen and oxygen atoms in total. The number of primary amides is 1. The van der Waals surface area contributed by atoms with E-state index in [0.717, 1.165) is 0 Å². The second-order valence-corrected chi connectivity index (χ2v) is 11.8. The summed E-state index contributed by atoms with van der Waals surface area (Å²) in [6, 6.07) is 9.41. The molecule has 0 spiro atoms. The largest absolute Gasteiger partial charge is 0.481 e. The average molecular weight is 697 g/mol. The minimum Gasteiger partial charge on any atom is -0.481 e. The van der Waals surface area contributed by atoms with Crippen molar-refractivity contribution in [2.24, 2.45) is 11.7 Å². The van der Waals surface area contributed by atoms with Gasteiger partial charge in [0.25, 0.3) is 0 Å². The third kappa shape index (κ3) is 13.7. The lowest BCUT2D eigenvalue weighted by atomic mass is 9.97. The normalized spacial score (nSPS) is 13.7. The number of hydrogen-bond acceptors (Lipinski definition) is 8. The Balaban J connectivity index is 2.20. The van der Waals surface area contributed by atoms with Gasteiger partial charge in [0, 0.05) is 26.2 Å². The van der Waals surface area contributed by atoms with Crippen LogP contribution in [0.3, 0.4) is 0 Å². The van der Waals surface area contributed by atoms with Crippen LogP contribution in [0.4, 0.5) is 0 Å². The highest BCUT2D eigenvalue weighted by Gasteiger charge is 2.31. The van der Waals surface area contributed by atoms with Crippen molar-refractivity contribution in [3.05, 3.63) is 71.3 Å². The lowest BCUT2D eigenvalue weighted by Gasteiger charge is -2.26. The van der Waals surface area contributed by atoms with Gasteiger partial charge in [0.1, 0.15) is 24.2 Å². The van der Waals surface area contributed by atoms with Crippen LogP contribution in [0.25, 0.3) is 0 Å². The van der Waals surface area contributed by atoms with E-state index in [9.17, 15) is 48.6 Å². The van der Waals surface area contributed by atoms with Crippen LogP contribution in [-0.2, 0) is 46.4 Å². The number of benzene rings is 2. The first-order valence-electron chi connectivity index (χ1n) is 15.9. The molecule has 2 aromatic rings. The number of aromatic carboxylic acids is 1. The van der Waals surface area contributed by atoms with E-state index in [2.05, 4.69) is 26.6 Å². The van der Waals surface area contributed by atoms with E-state index < -0.39 is 84.5 Å². The molecule has 270 valence electrons. The summed E-state index contributed by atoms with van der Waals surface area (Å²) in [5.74, 6) is -7.24. The summed E-state index contributed by atoms with van der Waals surface area (Å²) in [7, 11) is 0. The second kappa shape index (κ2) is 19.9. The van der Waals surface area contributed by atoms with Gasteiger partial charge in [-0.15, -0.1) is 0 Å². The standard InChI is InChI=1S/C34H44N6O10/c1-4-19(2)29(37-20(3)41)33(48)40-26(17-22-10-12-23(13-11-22)34(49)50)31(46)36-18-27(42)38-24(14-15-28(43)44)32(47)39-25(30(35)45)16-21-8-6-5-7-9-21/h5-13,19,24-26,29H,4,14-18H2,1-3H3,(H2,35,45)(H,36,46)(H,37,41)(H,38,42)(H,39,47)(H,40,48)(H,43,44)(H,49,50)/t19-,24-,25-,26-,29-/m0/s1. The van der Waals surface area contributed by atoms with E-state index in [1.54, 1.807) is 37.3 Å². The Bertz CT molecular complexity index is 1530. The molecule has 0 aliphatic carbocycles. The van der Waals surface area contributed by atoms with Crippen molar-refractivity contribution in [2.75, 3.05) is 6.54 Å². The van der Waals surface area contributed by atoms with Crippen LogP contribution in [0.1, 0.15) is 61.5 Å². The Kier molecular flexibility index (Phi) is 16.1. The fraction of sp³-hybridized carbons (Fsp3) is 0.412. The van der Waals surface area contributed by atoms with Crippen molar-refractivity contribution in [3.63, 3.8) is 0 Å². The molecule has 0 radical (unpaired) electrons. The van der Waals surface area contributed by atoms with Crippen LogP contribution < -0.4 is 32.3 Å². The number of nitrogens with one attached hydrogen (secondary N) is 5. The number of hydrogen-bond donors (Lipinski definition) is 8. The first kappa shape index (κ1) is 40.4. The van der Waals surface area contributed by atoms with E-state index in [-0.39, 0.29) is 30.7 Å². The lowest BCUT2D eigenvalue weighted by molar-refractivity contribution is -0.138. The van der Waals surface area contributed by atoms with E-state index in [1.165, 1.54) is 31.2 Å². The summed E-state index contributed by atoms with van der Waals surface area (Å²) in [5.41, 5.74) is 6.65. The SMILES string of the molecule is CC[C@H](C)[C@H](NC(C)=O)C(=O)N[C@@H](Cc1ccc(C(=O)O)cc1)C(=O)NCC(=O)N[C@@H](CCC(=O)O)C(=O)N[C@@H](Cc1ccccc1)C(N)=O. The number of nitrogens with two attached hydrogens (primary N) is 1. The van der Waals surface area contributed by atoms with Gasteiger partial charge in [0.15, 0.2) is 0 Å². The predicted molar refractivity (Wildman–Crippen MR) is 179 cm³/mol. The number of carbonyl (C=O) groups is 8. The minimum absolute atomic E-state index is 0.00153. The number of carbonyl (C=O) groups excluding carboxylic acids is 6. The highest BCUT2D eigenvalue weighted by Crippen LogP contribution is 2.12. The maximum Gasteiger partial charge on any atom is 0.335 e. The van der Waals surface area contributed by atoms with Gasteiger partial charge in [-0.05, 0) is 35.6 Å². The molecule has 2 aromatic carbocycles. The van der Waals surface area contributed by atoms with Crippen LogP contribution in [-0.4, -0.2) is 88.3 Å². The molecule has 0 aliphatic rings. The van der Waals surface area contributed by atoms with Crippen LogP contribution in [0.5, 0.6) is 0 Å². The quantitative estimate of drug-likeness (QED) is 0.0891. The second-order valence-electron chi connectivity index (χ2n) is 11.8. The molecule has 0 aliphatic heterocycles. The van der Waals surface area contributed by atoms with Crippen molar-refractivity contribution < 1.29 is 48.6 Å². The topological polar surface area (TPSA) is 263 Å². The van der Waals surface area contributed by atoms with E-state index >= 15 is 0 Å². The lowest BCUT2D eigenvalue weighted by Crippen LogP contribution is -2.57. The molecule has 0 saturated carbocycles. The number of rotatable bonds is 20. The maximum atomic E-state index is 13.4. The monoisotopic (exact) mass is 696 g/mol. The Morgan fingerprint density at radius 1 is 0.720 bits per heavy atom. The molecule has 0 heterocycles. The molecular weight excluding hydrogens is 652 g/mol. The van der Waals surface area contributed by atoms with Crippen molar-refractivity contribution in [2.45, 2.75) is 77.0 Å². The van der Waals surface area contributed by atoms with Gasteiger partial charge in [-0.25, -0.2) is 4.79 Å². The minimum atomic E-state index is -1.41. The molecule has 50 heavy (non-hydrogen) atoms. The van der Waals surface area contributed by atoms with Crippen LogP contribution in [0.15, 0.2) is 54.6 Å². The van der Waals surface area contributed by atoms with Gasteiger partial charge in [-0.1, -0.05) is 62.7 Å². The Morgan fingerprint density at radius 3 is 1.84 bits per heavy atom. The van der Waals surface area contributed by atoms with Gasteiger partial charge in [-0.3, -0.25) is 33.6 Å². The summed E-state index contributed by atoms with van der Waals surface area (Å²) in [4.78, 5) is 99.2. The Morgan fingerprint density at radius 2 is 1.30 bits per heavy atom. The molecule has 9 N–H and O–H groups in total. The molecule has 0 saturated heterocycles. The summed E-state index contributed by atoms with van der Waals surface area (Å²) in [6.45, 7) is 4.12. The Labute approximate surface area is 288 Å². The molecular formula is C34H44N6O10. The summed E-state index contributed by atoms with van der Waals surface area (Å²) in [6.07, 6.45) is -0.404. The van der Waals surface area contributed by atoms with Crippen LogP contribution >= 0.6 is 0 Å². The molecule has 0 unspecified atom stereocenters. The first-order valence-corrected chi connectivity index (χ1v) is 15.9. The third-order valence-corrected chi connectivity index (χ3v) is 7.79. The summed E-state index contributed by atoms with van der Waals surface area (Å²) < 4.78 is 0. The van der Waals surface area contributed by atoms with E-state index in [0.29, 0.717) is 17.5 Å². The molecule has 0 fully saturated rings.